The highest BCUT2D eigenvalue weighted by molar-refractivity contribution is 5.79. The van der Waals surface area contributed by atoms with Crippen LogP contribution in [0.1, 0.15) is 37.2 Å². The molecule has 1 saturated heterocycles. The van der Waals surface area contributed by atoms with Crippen molar-refractivity contribution in [3.8, 4) is 11.5 Å². The lowest BCUT2D eigenvalue weighted by Gasteiger charge is -2.26. The quantitative estimate of drug-likeness (QED) is 0.878. The topological polar surface area (TPSA) is 47.6 Å². The Morgan fingerprint density at radius 3 is 2.68 bits per heavy atom. The molecule has 0 bridgehead atoms. The summed E-state index contributed by atoms with van der Waals surface area (Å²) in [5, 5.41) is 2.77. The molecule has 1 aliphatic carbocycles. The lowest BCUT2D eigenvalue weighted by atomic mass is 9.86. The molecule has 120 valence electrons. The highest BCUT2D eigenvalue weighted by atomic mass is 19.3. The summed E-state index contributed by atoms with van der Waals surface area (Å²) in [6, 6.07) is 4.95. The molecule has 1 N–H and O–H groups in total. The summed E-state index contributed by atoms with van der Waals surface area (Å²) >= 11 is 0. The minimum Gasteiger partial charge on any atom is -0.489 e. The fourth-order valence-electron chi connectivity index (χ4n) is 2.79. The Hall–Kier alpha value is -1.85. The Labute approximate surface area is 127 Å². The molecule has 0 unspecified atom stereocenters. The largest absolute Gasteiger partial charge is 0.489 e. The van der Waals surface area contributed by atoms with E-state index in [-0.39, 0.29) is 17.6 Å². The monoisotopic (exact) mass is 311 g/mol. The zero-order valence-electron chi connectivity index (χ0n) is 12.2. The number of alkyl halides is 2. The van der Waals surface area contributed by atoms with Gasteiger partial charge < -0.3 is 14.8 Å². The first-order valence-corrected chi connectivity index (χ1v) is 7.60. The number of amides is 1. The van der Waals surface area contributed by atoms with Crippen LogP contribution >= 0.6 is 0 Å². The van der Waals surface area contributed by atoms with E-state index in [9.17, 15) is 13.6 Å². The van der Waals surface area contributed by atoms with Crippen LogP contribution in [0.4, 0.5) is 8.78 Å². The summed E-state index contributed by atoms with van der Waals surface area (Å²) < 4.78 is 35.2. The minimum atomic E-state index is -2.88. The average Bonchev–Trinajstić information content (AvgIpc) is 2.85. The molecule has 1 aromatic rings. The minimum absolute atomic E-state index is 0.00911. The third kappa shape index (κ3) is 3.48. The second-order valence-corrected chi connectivity index (χ2v) is 5.90. The maximum Gasteiger partial charge on any atom is 0.387 e. The van der Waals surface area contributed by atoms with Crippen molar-refractivity contribution >= 4 is 5.91 Å². The van der Waals surface area contributed by atoms with Gasteiger partial charge in [-0.25, -0.2) is 0 Å². The van der Waals surface area contributed by atoms with Crippen molar-refractivity contribution in [1.82, 2.24) is 5.32 Å². The Balaban J connectivity index is 1.75. The number of rotatable bonds is 6. The molecule has 4 nitrogen and oxygen atoms in total. The normalized spacial score (nSPS) is 21.6. The van der Waals surface area contributed by atoms with Gasteiger partial charge in [-0.3, -0.25) is 4.79 Å². The fraction of sp³-hybridized carbons (Fsp3) is 0.562. The highest BCUT2D eigenvalue weighted by Gasteiger charge is 2.25. The van der Waals surface area contributed by atoms with E-state index in [1.807, 2.05) is 0 Å². The van der Waals surface area contributed by atoms with Crippen molar-refractivity contribution in [1.29, 1.82) is 0 Å². The van der Waals surface area contributed by atoms with Gasteiger partial charge in [-0.15, -0.1) is 0 Å². The van der Waals surface area contributed by atoms with Crippen LogP contribution in [0.3, 0.4) is 0 Å². The van der Waals surface area contributed by atoms with Crippen molar-refractivity contribution in [3.05, 3.63) is 23.8 Å². The zero-order chi connectivity index (χ0) is 15.5. The molecule has 2 fully saturated rings. The van der Waals surface area contributed by atoms with Crippen LogP contribution in [0.25, 0.3) is 0 Å². The van der Waals surface area contributed by atoms with Crippen molar-refractivity contribution in [2.45, 2.75) is 38.2 Å². The first-order chi connectivity index (χ1) is 10.6. The van der Waals surface area contributed by atoms with Gasteiger partial charge in [0.1, 0.15) is 0 Å². The number of nitrogens with one attached hydrogen (secondary N) is 1. The van der Waals surface area contributed by atoms with Crippen LogP contribution in [0.2, 0.25) is 0 Å². The van der Waals surface area contributed by atoms with Gasteiger partial charge in [-0.2, -0.15) is 8.78 Å². The summed E-state index contributed by atoms with van der Waals surface area (Å²) in [5.74, 6) is 0.950. The van der Waals surface area contributed by atoms with Gasteiger partial charge >= 0.3 is 6.61 Å². The number of hydrogen-bond acceptors (Lipinski definition) is 3. The molecule has 1 aromatic carbocycles. The molecule has 1 heterocycles. The van der Waals surface area contributed by atoms with Gasteiger partial charge in [0, 0.05) is 18.9 Å². The summed E-state index contributed by atoms with van der Waals surface area (Å²) in [7, 11) is 0. The first kappa shape index (κ1) is 15.1. The number of carbonyl (C=O) groups excluding carboxylic acids is 1. The van der Waals surface area contributed by atoms with Gasteiger partial charge in [0.15, 0.2) is 11.5 Å². The Morgan fingerprint density at radius 1 is 1.27 bits per heavy atom. The Morgan fingerprint density at radius 2 is 2.09 bits per heavy atom. The molecule has 1 aliphatic heterocycles. The molecule has 0 aromatic heterocycles. The predicted molar refractivity (Wildman–Crippen MR) is 76.3 cm³/mol. The van der Waals surface area contributed by atoms with E-state index in [1.165, 1.54) is 12.5 Å². The lowest BCUT2D eigenvalue weighted by Crippen LogP contribution is -2.19. The van der Waals surface area contributed by atoms with E-state index in [4.69, 9.17) is 4.74 Å². The van der Waals surface area contributed by atoms with E-state index in [2.05, 4.69) is 10.1 Å². The van der Waals surface area contributed by atoms with Gasteiger partial charge in [0.2, 0.25) is 5.91 Å². The van der Waals surface area contributed by atoms with Crippen molar-refractivity contribution in [2.24, 2.45) is 5.92 Å². The number of hydrogen-bond donors (Lipinski definition) is 1. The standard InChI is InChI=1S/C16H19F2NO3/c17-16(18)22-13-5-4-11(12-7-15(20)19-8-12)6-14(13)21-9-10-2-1-3-10/h4-6,10,12,16H,1-3,7-9H2,(H,19,20)/t12-/m1/s1. The smallest absolute Gasteiger partial charge is 0.387 e. The van der Waals surface area contributed by atoms with Crippen LogP contribution < -0.4 is 14.8 Å². The molecular formula is C16H19F2NO3. The molecule has 1 atom stereocenters. The second kappa shape index (κ2) is 6.50. The Kier molecular flexibility index (Phi) is 4.45. The van der Waals surface area contributed by atoms with Crippen LogP contribution in [-0.4, -0.2) is 25.7 Å². The lowest BCUT2D eigenvalue weighted by molar-refractivity contribution is -0.119. The SMILES string of the molecule is O=C1C[C@@H](c2ccc(OC(F)F)c(OCC3CCC3)c2)CN1. The third-order valence-electron chi connectivity index (χ3n) is 4.33. The van der Waals surface area contributed by atoms with Crippen LogP contribution in [-0.2, 0) is 4.79 Å². The maximum absolute atomic E-state index is 12.5. The van der Waals surface area contributed by atoms with Gasteiger partial charge in [-0.05, 0) is 36.5 Å². The molecule has 0 spiro atoms. The molecule has 6 heteroatoms. The first-order valence-electron chi connectivity index (χ1n) is 7.60. The fourth-order valence-corrected chi connectivity index (χ4v) is 2.79. The van der Waals surface area contributed by atoms with Gasteiger partial charge in [-0.1, -0.05) is 12.5 Å². The second-order valence-electron chi connectivity index (χ2n) is 5.90. The van der Waals surface area contributed by atoms with Crippen LogP contribution in [0.5, 0.6) is 11.5 Å². The van der Waals surface area contributed by atoms with E-state index < -0.39 is 6.61 Å². The van der Waals surface area contributed by atoms with Gasteiger partial charge in [0.05, 0.1) is 6.61 Å². The summed E-state index contributed by atoms with van der Waals surface area (Å²) in [4.78, 5) is 11.3. The molecule has 3 rings (SSSR count). The zero-order valence-corrected chi connectivity index (χ0v) is 12.2. The van der Waals surface area contributed by atoms with Crippen molar-refractivity contribution < 1.29 is 23.0 Å². The number of benzene rings is 1. The van der Waals surface area contributed by atoms with Crippen molar-refractivity contribution in [3.63, 3.8) is 0 Å². The predicted octanol–water partition coefficient (Wildman–Crippen LogP) is 3.07. The van der Waals surface area contributed by atoms with Crippen LogP contribution in [0, 0.1) is 5.92 Å². The summed E-state index contributed by atoms with van der Waals surface area (Å²) in [5.41, 5.74) is 0.906. The number of carbonyl (C=O) groups is 1. The molecule has 2 aliphatic rings. The molecule has 0 radical (unpaired) electrons. The molecule has 1 amide bonds. The summed E-state index contributed by atoms with van der Waals surface area (Å²) in [6.07, 6.45) is 3.85. The van der Waals surface area contributed by atoms with E-state index in [0.29, 0.717) is 31.2 Å². The van der Waals surface area contributed by atoms with E-state index in [0.717, 1.165) is 18.4 Å². The number of halogens is 2. The highest BCUT2D eigenvalue weighted by Crippen LogP contribution is 2.35. The molecule has 22 heavy (non-hydrogen) atoms. The van der Waals surface area contributed by atoms with Crippen LogP contribution in [0.15, 0.2) is 18.2 Å². The summed E-state index contributed by atoms with van der Waals surface area (Å²) in [6.45, 7) is -1.80. The maximum atomic E-state index is 12.5. The van der Waals surface area contributed by atoms with E-state index in [1.54, 1.807) is 12.1 Å². The molecular weight excluding hydrogens is 292 g/mol. The van der Waals surface area contributed by atoms with E-state index >= 15 is 0 Å². The third-order valence-corrected chi connectivity index (χ3v) is 4.33. The van der Waals surface area contributed by atoms with Crippen molar-refractivity contribution in [2.75, 3.05) is 13.2 Å². The molecule has 1 saturated carbocycles. The van der Waals surface area contributed by atoms with Gasteiger partial charge in [0.25, 0.3) is 0 Å². The number of ether oxygens (including phenoxy) is 2. The average molecular weight is 311 g/mol. The Bertz CT molecular complexity index is 546.